The van der Waals surface area contributed by atoms with Crippen molar-refractivity contribution in [1.29, 1.82) is 0 Å². The number of aromatic hydroxyl groups is 1. The smallest absolute Gasteiger partial charge is 0.159 e. The Bertz CT molecular complexity index is 4650. The first-order valence-electron chi connectivity index (χ1n) is 30.4. The highest BCUT2D eigenvalue weighted by atomic mass is 16.3. The van der Waals surface area contributed by atoms with Gasteiger partial charge in [0.25, 0.3) is 0 Å². The number of para-hydroxylation sites is 2. The summed E-state index contributed by atoms with van der Waals surface area (Å²) >= 11 is 0. The lowest BCUT2D eigenvalue weighted by molar-refractivity contribution is 0.480. The van der Waals surface area contributed by atoms with E-state index in [1.807, 2.05) is 0 Å². The largest absolute Gasteiger partial charge is 0.505 e. The number of phenols is 1. The molecule has 12 aromatic carbocycles. The van der Waals surface area contributed by atoms with Crippen LogP contribution in [0.15, 0.2) is 211 Å². The summed E-state index contributed by atoms with van der Waals surface area (Å²) in [6.07, 6.45) is 1.80. The molecule has 0 aliphatic heterocycles. The summed E-state index contributed by atoms with van der Waals surface area (Å²) < 4.78 is 7.38. The monoisotopic (exact) mass is 1090 g/mol. The van der Waals surface area contributed by atoms with Crippen LogP contribution < -0.4 is 10.2 Å². The standard InChI is InChI=1S/C80H74N2O2/c1-11-51-22-17-26-55(42-51)81-77-65(40-37-61(78(77)83)54-25-19-24-53(44-54)60-30-15-13-28-57(60)47(3)4)71-45-72-70(50(9)10)46-74(69-41-39-63-59(49(7)8)36-38-64(71)75(63)76(69)72)82(56-27-18-23-52(12-2)43-56)73-35-21-34-68-67-33-20-32-66(79(67)84-80(68)73)62-31-16-14-29-58(62)48(5)6/h13-50,81,83H,11-12H2,1-10H3. The average molecular weight is 1100 g/mol. The van der Waals surface area contributed by atoms with Crippen molar-refractivity contribution in [3.05, 3.63) is 240 Å². The van der Waals surface area contributed by atoms with Crippen LogP contribution in [0.1, 0.15) is 126 Å². The Balaban J connectivity index is 1.08. The second-order valence-electron chi connectivity index (χ2n) is 24.3. The Kier molecular flexibility index (Phi) is 14.1. The van der Waals surface area contributed by atoms with Gasteiger partial charge >= 0.3 is 0 Å². The first-order valence-corrected chi connectivity index (χ1v) is 30.4. The van der Waals surface area contributed by atoms with E-state index in [4.69, 9.17) is 4.42 Å². The van der Waals surface area contributed by atoms with Crippen LogP contribution in [-0.4, -0.2) is 5.11 Å². The number of nitrogens with one attached hydrogen (secondary N) is 1. The minimum absolute atomic E-state index is 0.137. The van der Waals surface area contributed by atoms with Crippen molar-refractivity contribution in [1.82, 2.24) is 0 Å². The van der Waals surface area contributed by atoms with Crippen molar-refractivity contribution < 1.29 is 9.52 Å². The molecule has 13 aromatic rings. The summed E-state index contributed by atoms with van der Waals surface area (Å²) in [6.45, 7) is 22.7. The number of fused-ring (bicyclic) bond motifs is 3. The van der Waals surface area contributed by atoms with Gasteiger partial charge in [0.1, 0.15) is 11.3 Å². The molecule has 4 heteroatoms. The molecule has 0 amide bonds. The van der Waals surface area contributed by atoms with Gasteiger partial charge in [0.2, 0.25) is 0 Å². The number of rotatable bonds is 15. The van der Waals surface area contributed by atoms with Crippen LogP contribution in [0.2, 0.25) is 0 Å². The normalized spacial score (nSPS) is 12.0. The highest BCUT2D eigenvalue weighted by molar-refractivity contribution is 6.30. The molecule has 0 saturated carbocycles. The van der Waals surface area contributed by atoms with Gasteiger partial charge in [-0.15, -0.1) is 0 Å². The highest BCUT2D eigenvalue weighted by Gasteiger charge is 2.29. The van der Waals surface area contributed by atoms with Crippen molar-refractivity contribution in [2.24, 2.45) is 0 Å². The fourth-order valence-electron chi connectivity index (χ4n) is 13.5. The molecule has 0 radical (unpaired) electrons. The van der Waals surface area contributed by atoms with Crippen molar-refractivity contribution >= 4 is 82.7 Å². The molecule has 0 saturated heterocycles. The minimum Gasteiger partial charge on any atom is -0.505 e. The number of hydrogen-bond donors (Lipinski definition) is 2. The van der Waals surface area contributed by atoms with Gasteiger partial charge in [-0.2, -0.15) is 0 Å². The fourth-order valence-corrected chi connectivity index (χ4v) is 13.5. The van der Waals surface area contributed by atoms with Crippen molar-refractivity contribution in [2.75, 3.05) is 10.2 Å². The highest BCUT2D eigenvalue weighted by Crippen LogP contribution is 2.54. The summed E-state index contributed by atoms with van der Waals surface area (Å²) in [4.78, 5) is 2.48. The summed E-state index contributed by atoms with van der Waals surface area (Å²) in [5, 5.41) is 26.4. The van der Waals surface area contributed by atoms with E-state index in [-0.39, 0.29) is 17.6 Å². The Morgan fingerprint density at radius 3 is 1.68 bits per heavy atom. The third-order valence-electron chi connectivity index (χ3n) is 17.8. The topological polar surface area (TPSA) is 48.6 Å². The zero-order chi connectivity index (χ0) is 58.1. The molecule has 0 bridgehead atoms. The van der Waals surface area contributed by atoms with Crippen LogP contribution >= 0.6 is 0 Å². The number of anilines is 5. The van der Waals surface area contributed by atoms with Crippen LogP contribution in [0.4, 0.5) is 28.4 Å². The van der Waals surface area contributed by atoms with Gasteiger partial charge < -0.3 is 19.7 Å². The fraction of sp³-hybridized carbons (Fsp3) is 0.200. The van der Waals surface area contributed by atoms with Gasteiger partial charge in [0.05, 0.1) is 17.1 Å². The predicted molar refractivity (Wildman–Crippen MR) is 360 cm³/mol. The van der Waals surface area contributed by atoms with Crippen LogP contribution in [0.3, 0.4) is 0 Å². The van der Waals surface area contributed by atoms with E-state index >= 15 is 0 Å². The second-order valence-corrected chi connectivity index (χ2v) is 24.3. The molecule has 13 rings (SSSR count). The van der Waals surface area contributed by atoms with E-state index in [0.717, 1.165) is 102 Å². The number of furan rings is 1. The predicted octanol–water partition coefficient (Wildman–Crippen LogP) is 23.7. The van der Waals surface area contributed by atoms with Gasteiger partial charge in [-0.1, -0.05) is 221 Å². The summed E-state index contributed by atoms with van der Waals surface area (Å²) in [5.41, 5.74) is 22.5. The number of benzene rings is 12. The van der Waals surface area contributed by atoms with Crippen molar-refractivity contribution in [3.8, 4) is 50.3 Å². The van der Waals surface area contributed by atoms with E-state index in [1.54, 1.807) is 0 Å². The molecule has 0 atom stereocenters. The van der Waals surface area contributed by atoms with E-state index in [9.17, 15) is 5.11 Å². The first kappa shape index (κ1) is 54.1. The molecular weight excluding hydrogens is 1020 g/mol. The summed E-state index contributed by atoms with van der Waals surface area (Å²) in [5.74, 6) is 1.32. The second kappa shape index (κ2) is 21.9. The molecule has 0 aliphatic rings. The third kappa shape index (κ3) is 9.24. The Labute approximate surface area is 495 Å². The number of phenolic OH excluding ortho intramolecular Hbond substituents is 1. The molecule has 0 spiro atoms. The lowest BCUT2D eigenvalue weighted by Crippen LogP contribution is -2.12. The van der Waals surface area contributed by atoms with E-state index < -0.39 is 0 Å². The molecule has 2 N–H and O–H groups in total. The molecule has 1 heterocycles. The maximum absolute atomic E-state index is 13.1. The first-order chi connectivity index (χ1) is 40.8. The summed E-state index contributed by atoms with van der Waals surface area (Å²) in [7, 11) is 0. The Hall–Kier alpha value is -9.12. The number of nitrogens with zero attached hydrogens (tertiary/aromatic N) is 1. The van der Waals surface area contributed by atoms with Crippen LogP contribution in [-0.2, 0) is 12.8 Å². The van der Waals surface area contributed by atoms with Gasteiger partial charge in [0.15, 0.2) is 5.58 Å². The molecule has 0 aliphatic carbocycles. The van der Waals surface area contributed by atoms with E-state index in [0.29, 0.717) is 17.5 Å². The Morgan fingerprint density at radius 1 is 0.381 bits per heavy atom. The van der Waals surface area contributed by atoms with Crippen LogP contribution in [0.5, 0.6) is 5.75 Å². The number of hydrogen-bond acceptors (Lipinski definition) is 4. The average Bonchev–Trinajstić information content (AvgIpc) is 1.18. The quantitative estimate of drug-likeness (QED) is 0.0793. The zero-order valence-electron chi connectivity index (χ0n) is 50.2. The number of aryl methyl sites for hydroxylation is 2. The molecule has 416 valence electrons. The van der Waals surface area contributed by atoms with Gasteiger partial charge in [-0.25, -0.2) is 0 Å². The maximum Gasteiger partial charge on any atom is 0.159 e. The molecular formula is C80H74N2O2. The molecule has 4 nitrogen and oxygen atoms in total. The minimum atomic E-state index is 0.137. The lowest BCUT2D eigenvalue weighted by Gasteiger charge is -2.30. The van der Waals surface area contributed by atoms with Crippen molar-refractivity contribution in [2.45, 2.75) is 106 Å². The van der Waals surface area contributed by atoms with E-state index in [2.05, 4.69) is 286 Å². The van der Waals surface area contributed by atoms with Crippen molar-refractivity contribution in [3.63, 3.8) is 0 Å². The molecule has 84 heavy (non-hydrogen) atoms. The van der Waals surface area contributed by atoms with Crippen LogP contribution in [0.25, 0.3) is 98.8 Å². The SMILES string of the molecule is CCc1cccc(Nc2c(-c3cc4c(C(C)C)cc(N(c5cccc(CC)c5)c5cccc6c5oc5c(-c7ccccc7C(C)C)cccc56)c5ccc6c(C(C)C)ccc3c6c45)ccc(-c3cccc(-c4ccccc4C(C)C)c3)c2O)c1. The van der Waals surface area contributed by atoms with Gasteiger partial charge in [-0.3, -0.25) is 0 Å². The molecule has 1 aromatic heterocycles. The van der Waals surface area contributed by atoms with Gasteiger partial charge in [-0.05, 0) is 179 Å². The molecule has 0 unspecified atom stereocenters. The zero-order valence-corrected chi connectivity index (χ0v) is 50.2. The Morgan fingerprint density at radius 2 is 0.952 bits per heavy atom. The maximum atomic E-state index is 13.1. The lowest BCUT2D eigenvalue weighted by atomic mass is 9.81. The summed E-state index contributed by atoms with van der Waals surface area (Å²) in [6, 6.07) is 75.7. The van der Waals surface area contributed by atoms with Gasteiger partial charge in [0, 0.05) is 44.2 Å². The van der Waals surface area contributed by atoms with E-state index in [1.165, 1.54) is 66.1 Å². The third-order valence-corrected chi connectivity index (χ3v) is 17.8. The molecule has 0 fully saturated rings. The van der Waals surface area contributed by atoms with Crippen LogP contribution in [0, 0.1) is 0 Å².